The highest BCUT2D eigenvalue weighted by atomic mass is 32.2. The van der Waals surface area contributed by atoms with Crippen LogP contribution in [0.3, 0.4) is 0 Å². The molecule has 0 fully saturated rings. The molecule has 19 heavy (non-hydrogen) atoms. The van der Waals surface area contributed by atoms with E-state index in [0.29, 0.717) is 17.2 Å². The normalized spacial score (nSPS) is 10.8. The number of unbranched alkanes of at least 4 members (excludes halogenated alkanes) is 1. The number of rotatable bonds is 7. The number of hydrogen-bond acceptors (Lipinski definition) is 5. The van der Waals surface area contributed by atoms with Crippen molar-refractivity contribution in [2.75, 3.05) is 6.54 Å². The molecule has 1 heterocycles. The Hall–Kier alpha value is -1.47. The number of nitrogens with zero attached hydrogens (tertiary/aromatic N) is 4. The van der Waals surface area contributed by atoms with Crippen LogP contribution in [0.5, 0.6) is 0 Å². The van der Waals surface area contributed by atoms with E-state index in [2.05, 4.69) is 15.5 Å². The highest BCUT2D eigenvalue weighted by Gasteiger charge is 2.08. The van der Waals surface area contributed by atoms with Crippen LogP contribution in [0.25, 0.3) is 0 Å². The smallest absolute Gasteiger partial charge is 0.161 e. The molecular weight excluding hydrogens is 265 g/mol. The van der Waals surface area contributed by atoms with Crippen LogP contribution in [0.1, 0.15) is 18.7 Å². The maximum absolute atomic E-state index is 13.5. The van der Waals surface area contributed by atoms with Gasteiger partial charge in [0.2, 0.25) is 0 Å². The summed E-state index contributed by atoms with van der Waals surface area (Å²) in [5.41, 5.74) is 5.45. The monoisotopic (exact) mass is 281 g/mol. The van der Waals surface area contributed by atoms with Crippen LogP contribution in [0.15, 0.2) is 29.2 Å². The van der Waals surface area contributed by atoms with Gasteiger partial charge >= 0.3 is 0 Å². The average molecular weight is 281 g/mol. The Bertz CT molecular complexity index is 516. The zero-order chi connectivity index (χ0) is 13.5. The summed E-state index contributed by atoms with van der Waals surface area (Å²) in [6.45, 7) is 1.42. The lowest BCUT2D eigenvalue weighted by atomic mass is 10.3. The number of thioether (sulfide) groups is 1. The third-order valence-corrected chi connectivity index (χ3v) is 3.67. The lowest BCUT2D eigenvalue weighted by molar-refractivity contribution is 0.532. The molecule has 2 N–H and O–H groups in total. The first-order valence-electron chi connectivity index (χ1n) is 6.13. The first-order chi connectivity index (χ1) is 9.31. The minimum atomic E-state index is -0.213. The zero-order valence-corrected chi connectivity index (χ0v) is 11.3. The second-order valence-corrected chi connectivity index (χ2v) is 5.05. The summed E-state index contributed by atoms with van der Waals surface area (Å²) in [6, 6.07) is 6.70. The fourth-order valence-corrected chi connectivity index (χ4v) is 2.48. The van der Waals surface area contributed by atoms with E-state index in [9.17, 15) is 4.39 Å². The lowest BCUT2D eigenvalue weighted by Crippen LogP contribution is -2.07. The van der Waals surface area contributed by atoms with Crippen LogP contribution in [-0.4, -0.2) is 26.8 Å². The molecule has 0 amide bonds. The number of tetrazole rings is 1. The van der Waals surface area contributed by atoms with E-state index in [1.807, 2.05) is 6.07 Å². The predicted molar refractivity (Wildman–Crippen MR) is 72.1 cm³/mol. The summed E-state index contributed by atoms with van der Waals surface area (Å²) in [7, 11) is 0. The quantitative estimate of drug-likeness (QED) is 0.619. The summed E-state index contributed by atoms with van der Waals surface area (Å²) in [5.74, 6) is 1.09. The van der Waals surface area contributed by atoms with Crippen LogP contribution < -0.4 is 5.73 Å². The highest BCUT2D eigenvalue weighted by molar-refractivity contribution is 7.98. The van der Waals surface area contributed by atoms with E-state index in [4.69, 9.17) is 5.73 Å². The van der Waals surface area contributed by atoms with Crippen molar-refractivity contribution < 1.29 is 4.39 Å². The van der Waals surface area contributed by atoms with Gasteiger partial charge in [-0.15, -0.1) is 16.9 Å². The first-order valence-corrected chi connectivity index (χ1v) is 7.12. The van der Waals surface area contributed by atoms with Crippen molar-refractivity contribution in [1.82, 2.24) is 20.2 Å². The Morgan fingerprint density at radius 3 is 2.89 bits per heavy atom. The molecule has 0 unspecified atom stereocenters. The summed E-state index contributed by atoms with van der Waals surface area (Å²) < 4.78 is 15.2. The van der Waals surface area contributed by atoms with Gasteiger partial charge in [0.05, 0.1) is 5.75 Å². The second-order valence-electron chi connectivity index (χ2n) is 4.03. The Morgan fingerprint density at radius 2 is 2.11 bits per heavy atom. The van der Waals surface area contributed by atoms with Crippen molar-refractivity contribution in [2.45, 2.75) is 30.0 Å². The van der Waals surface area contributed by atoms with Crippen LogP contribution >= 0.6 is 11.8 Å². The molecule has 0 saturated carbocycles. The van der Waals surface area contributed by atoms with Crippen molar-refractivity contribution in [3.05, 3.63) is 35.9 Å². The third-order valence-electron chi connectivity index (χ3n) is 2.62. The molecule has 1 aromatic carbocycles. The minimum absolute atomic E-state index is 0.213. The summed E-state index contributed by atoms with van der Waals surface area (Å²) >= 11 is 1.40. The number of benzene rings is 1. The van der Waals surface area contributed by atoms with Crippen molar-refractivity contribution in [1.29, 1.82) is 0 Å². The van der Waals surface area contributed by atoms with Gasteiger partial charge in [-0.2, -0.15) is 0 Å². The Kier molecular flexibility index (Phi) is 5.29. The fourth-order valence-electron chi connectivity index (χ4n) is 1.61. The standard InChI is InChI=1S/C12H16FN5S/c13-10-5-1-2-6-11(10)19-9-12-15-16-17-18(12)8-4-3-7-14/h1-2,5-6H,3-4,7-9,14H2. The van der Waals surface area contributed by atoms with Gasteiger partial charge in [-0.3, -0.25) is 0 Å². The van der Waals surface area contributed by atoms with E-state index >= 15 is 0 Å². The molecule has 2 aromatic rings. The molecule has 2 rings (SSSR count). The molecule has 7 heteroatoms. The van der Waals surface area contributed by atoms with Gasteiger partial charge < -0.3 is 5.73 Å². The SMILES string of the molecule is NCCCCn1nnnc1CSc1ccccc1F. The van der Waals surface area contributed by atoms with E-state index in [0.717, 1.165) is 25.2 Å². The van der Waals surface area contributed by atoms with Crippen LogP contribution in [-0.2, 0) is 12.3 Å². The van der Waals surface area contributed by atoms with Gasteiger partial charge in [-0.25, -0.2) is 9.07 Å². The van der Waals surface area contributed by atoms with E-state index in [1.165, 1.54) is 17.8 Å². The molecule has 0 aliphatic heterocycles. The number of aromatic nitrogens is 4. The number of nitrogens with two attached hydrogens (primary N) is 1. The van der Waals surface area contributed by atoms with Gasteiger partial charge in [0, 0.05) is 11.4 Å². The van der Waals surface area contributed by atoms with Gasteiger partial charge in [0.1, 0.15) is 5.82 Å². The predicted octanol–water partition coefficient (Wildman–Crippen LogP) is 1.84. The van der Waals surface area contributed by atoms with Gasteiger partial charge in [0.25, 0.3) is 0 Å². The zero-order valence-electron chi connectivity index (χ0n) is 10.5. The van der Waals surface area contributed by atoms with Crippen molar-refractivity contribution >= 4 is 11.8 Å². The van der Waals surface area contributed by atoms with E-state index in [-0.39, 0.29) is 5.82 Å². The van der Waals surface area contributed by atoms with Crippen molar-refractivity contribution in [2.24, 2.45) is 5.73 Å². The Morgan fingerprint density at radius 1 is 1.26 bits per heavy atom. The van der Waals surface area contributed by atoms with E-state index < -0.39 is 0 Å². The van der Waals surface area contributed by atoms with Crippen LogP contribution in [0.2, 0.25) is 0 Å². The van der Waals surface area contributed by atoms with Crippen molar-refractivity contribution in [3.8, 4) is 0 Å². The van der Waals surface area contributed by atoms with Crippen molar-refractivity contribution in [3.63, 3.8) is 0 Å². The largest absolute Gasteiger partial charge is 0.330 e. The van der Waals surface area contributed by atoms with Gasteiger partial charge in [0.15, 0.2) is 5.82 Å². The summed E-state index contributed by atoms with van der Waals surface area (Å²) in [6.07, 6.45) is 1.89. The summed E-state index contributed by atoms with van der Waals surface area (Å²) in [4.78, 5) is 0.610. The molecule has 0 spiro atoms. The minimum Gasteiger partial charge on any atom is -0.330 e. The van der Waals surface area contributed by atoms with Crippen LogP contribution in [0.4, 0.5) is 4.39 Å². The third kappa shape index (κ3) is 4.00. The fraction of sp³-hybridized carbons (Fsp3) is 0.417. The molecule has 5 nitrogen and oxygen atoms in total. The molecule has 0 aliphatic carbocycles. The van der Waals surface area contributed by atoms with E-state index in [1.54, 1.807) is 16.8 Å². The topological polar surface area (TPSA) is 69.6 Å². The molecule has 0 aliphatic rings. The second kappa shape index (κ2) is 7.20. The van der Waals surface area contributed by atoms with Gasteiger partial charge in [-0.05, 0) is 41.9 Å². The molecule has 102 valence electrons. The number of aryl methyl sites for hydroxylation is 1. The first kappa shape index (κ1) is 14.0. The molecule has 0 radical (unpaired) electrons. The molecule has 0 atom stereocenters. The molecule has 1 aromatic heterocycles. The maximum Gasteiger partial charge on any atom is 0.161 e. The maximum atomic E-state index is 13.5. The molecule has 0 bridgehead atoms. The molecular formula is C12H16FN5S. The number of hydrogen-bond donors (Lipinski definition) is 1. The summed E-state index contributed by atoms with van der Waals surface area (Å²) in [5, 5.41) is 11.6. The lowest BCUT2D eigenvalue weighted by Gasteiger charge is -2.04. The molecule has 0 saturated heterocycles. The number of halogens is 1. The average Bonchev–Trinajstić information content (AvgIpc) is 2.86. The Balaban J connectivity index is 1.93. The highest BCUT2D eigenvalue weighted by Crippen LogP contribution is 2.24. The Labute approximate surface area is 115 Å². The van der Waals surface area contributed by atoms with Gasteiger partial charge in [-0.1, -0.05) is 12.1 Å². The van der Waals surface area contributed by atoms with Crippen LogP contribution in [0, 0.1) is 5.82 Å².